The summed E-state index contributed by atoms with van der Waals surface area (Å²) in [6.45, 7) is 0. The fraction of sp³-hybridized carbons (Fsp3) is 0.0435. The summed E-state index contributed by atoms with van der Waals surface area (Å²) in [6.07, 6.45) is 0. The molecular weight excluding hydrogens is 449 g/mol. The summed E-state index contributed by atoms with van der Waals surface area (Å²) in [6, 6.07) is 23.1. The lowest BCUT2D eigenvalue weighted by molar-refractivity contribution is 0.391. The Kier molecular flexibility index (Phi) is 5.70. The van der Waals surface area contributed by atoms with Crippen molar-refractivity contribution in [3.05, 3.63) is 95.6 Å². The van der Waals surface area contributed by atoms with Crippen LogP contribution >= 0.6 is 23.4 Å². The Balaban J connectivity index is 1.43. The fourth-order valence-corrected chi connectivity index (χ4v) is 4.03. The van der Waals surface area contributed by atoms with Gasteiger partial charge in [-0.3, -0.25) is 4.57 Å². The molecule has 0 fully saturated rings. The van der Waals surface area contributed by atoms with Gasteiger partial charge in [-0.1, -0.05) is 58.9 Å². The topological polar surface area (TPSA) is 69.6 Å². The molecule has 158 valence electrons. The zero-order valence-corrected chi connectivity index (χ0v) is 18.1. The molecule has 0 amide bonds. The van der Waals surface area contributed by atoms with Crippen LogP contribution in [-0.4, -0.2) is 24.9 Å². The molecule has 0 unspecified atom stereocenters. The van der Waals surface area contributed by atoms with Crippen molar-refractivity contribution in [3.8, 4) is 28.5 Å². The highest BCUT2D eigenvalue weighted by molar-refractivity contribution is 7.98. The van der Waals surface area contributed by atoms with Gasteiger partial charge < -0.3 is 4.52 Å². The average Bonchev–Trinajstić information content (AvgIpc) is 3.47. The van der Waals surface area contributed by atoms with Crippen LogP contribution in [0.5, 0.6) is 0 Å². The van der Waals surface area contributed by atoms with Gasteiger partial charge in [0.05, 0.1) is 5.75 Å². The smallest absolute Gasteiger partial charge is 0.237 e. The number of thioether (sulfide) groups is 1. The van der Waals surface area contributed by atoms with Crippen LogP contribution in [0.4, 0.5) is 4.39 Å². The van der Waals surface area contributed by atoms with E-state index in [1.54, 1.807) is 24.3 Å². The summed E-state index contributed by atoms with van der Waals surface area (Å²) in [7, 11) is 0. The van der Waals surface area contributed by atoms with Gasteiger partial charge >= 0.3 is 0 Å². The number of hydrogen-bond donors (Lipinski definition) is 0. The van der Waals surface area contributed by atoms with Crippen molar-refractivity contribution in [1.29, 1.82) is 0 Å². The minimum atomic E-state index is -0.308. The first-order valence-corrected chi connectivity index (χ1v) is 11.0. The van der Waals surface area contributed by atoms with E-state index < -0.39 is 0 Å². The largest absolute Gasteiger partial charge is 0.338 e. The standard InChI is InChI=1S/C23H15ClFN5OS/c24-17-8-6-15(7-9-17)21-26-20(31-29-21)14-32-23-28-27-22(16-4-2-1-3-5-16)30(23)19-12-10-18(25)11-13-19/h1-13H,14H2. The lowest BCUT2D eigenvalue weighted by Gasteiger charge is -2.10. The number of benzene rings is 3. The zero-order valence-electron chi connectivity index (χ0n) is 16.5. The molecule has 5 rings (SSSR count). The average molecular weight is 464 g/mol. The van der Waals surface area contributed by atoms with E-state index in [4.69, 9.17) is 16.1 Å². The Morgan fingerprint density at radius 2 is 1.62 bits per heavy atom. The van der Waals surface area contributed by atoms with Gasteiger partial charge in [0, 0.05) is 21.8 Å². The molecule has 0 saturated heterocycles. The second-order valence-electron chi connectivity index (χ2n) is 6.79. The summed E-state index contributed by atoms with van der Waals surface area (Å²) in [5, 5.41) is 14.0. The molecule has 0 radical (unpaired) electrons. The molecular formula is C23H15ClFN5OS. The van der Waals surface area contributed by atoms with E-state index in [1.807, 2.05) is 47.0 Å². The third kappa shape index (κ3) is 4.28. The maximum atomic E-state index is 13.5. The Bertz CT molecular complexity index is 1340. The number of hydrogen-bond acceptors (Lipinski definition) is 6. The number of rotatable bonds is 6. The third-order valence-corrected chi connectivity index (χ3v) is 5.81. The minimum absolute atomic E-state index is 0.308. The second kappa shape index (κ2) is 8.94. The van der Waals surface area contributed by atoms with Crippen molar-refractivity contribution in [2.24, 2.45) is 0 Å². The molecule has 6 nitrogen and oxygen atoms in total. The van der Waals surface area contributed by atoms with Crippen LogP contribution in [0.3, 0.4) is 0 Å². The van der Waals surface area contributed by atoms with E-state index in [9.17, 15) is 4.39 Å². The SMILES string of the molecule is Fc1ccc(-n2c(SCc3nc(-c4ccc(Cl)cc4)no3)nnc2-c2ccccc2)cc1. The molecule has 3 aromatic carbocycles. The summed E-state index contributed by atoms with van der Waals surface area (Å²) in [5.41, 5.74) is 2.47. The highest BCUT2D eigenvalue weighted by atomic mass is 35.5. The molecule has 0 aliphatic rings. The quantitative estimate of drug-likeness (QED) is 0.285. The molecule has 2 aromatic heterocycles. The highest BCUT2D eigenvalue weighted by Crippen LogP contribution is 2.30. The van der Waals surface area contributed by atoms with Gasteiger partial charge in [0.1, 0.15) is 5.82 Å². The van der Waals surface area contributed by atoms with Crippen molar-refractivity contribution < 1.29 is 8.91 Å². The van der Waals surface area contributed by atoms with Crippen LogP contribution in [0.15, 0.2) is 88.5 Å². The molecule has 5 aromatic rings. The van der Waals surface area contributed by atoms with E-state index in [1.165, 1.54) is 23.9 Å². The molecule has 9 heteroatoms. The maximum Gasteiger partial charge on any atom is 0.237 e. The first-order chi connectivity index (χ1) is 15.7. The fourth-order valence-electron chi connectivity index (χ4n) is 3.12. The molecule has 0 atom stereocenters. The predicted octanol–water partition coefficient (Wildman–Crippen LogP) is 6.07. The second-order valence-corrected chi connectivity index (χ2v) is 8.17. The number of halogens is 2. The third-order valence-electron chi connectivity index (χ3n) is 4.65. The van der Waals surface area contributed by atoms with Crippen molar-refractivity contribution in [2.45, 2.75) is 10.9 Å². The van der Waals surface area contributed by atoms with E-state index in [0.29, 0.717) is 33.5 Å². The van der Waals surface area contributed by atoms with E-state index in [-0.39, 0.29) is 5.82 Å². The van der Waals surface area contributed by atoms with E-state index >= 15 is 0 Å². The van der Waals surface area contributed by atoms with Crippen LogP contribution in [0.1, 0.15) is 5.89 Å². The Morgan fingerprint density at radius 3 is 2.38 bits per heavy atom. The molecule has 0 aliphatic heterocycles. The monoisotopic (exact) mass is 463 g/mol. The summed E-state index contributed by atoms with van der Waals surface area (Å²) < 4.78 is 20.8. The van der Waals surface area contributed by atoms with Gasteiger partial charge in [0.15, 0.2) is 11.0 Å². The molecule has 0 spiro atoms. The van der Waals surface area contributed by atoms with Gasteiger partial charge in [-0.15, -0.1) is 10.2 Å². The highest BCUT2D eigenvalue weighted by Gasteiger charge is 2.18. The molecule has 0 bridgehead atoms. The lowest BCUT2D eigenvalue weighted by atomic mass is 10.2. The van der Waals surface area contributed by atoms with Gasteiger partial charge in [-0.2, -0.15) is 4.98 Å². The van der Waals surface area contributed by atoms with Crippen LogP contribution in [0, 0.1) is 5.82 Å². The van der Waals surface area contributed by atoms with Crippen LogP contribution in [0.25, 0.3) is 28.5 Å². The molecule has 2 heterocycles. The van der Waals surface area contributed by atoms with Crippen LogP contribution in [-0.2, 0) is 5.75 Å². The molecule has 32 heavy (non-hydrogen) atoms. The van der Waals surface area contributed by atoms with Crippen molar-refractivity contribution in [1.82, 2.24) is 24.9 Å². The maximum absolute atomic E-state index is 13.5. The van der Waals surface area contributed by atoms with E-state index in [2.05, 4.69) is 20.3 Å². The van der Waals surface area contributed by atoms with Crippen LogP contribution < -0.4 is 0 Å². The number of nitrogens with zero attached hydrogens (tertiary/aromatic N) is 5. The Labute approximate surface area is 192 Å². The first kappa shape index (κ1) is 20.4. The molecule has 0 aliphatic carbocycles. The van der Waals surface area contributed by atoms with Gasteiger partial charge in [0.25, 0.3) is 0 Å². The first-order valence-electron chi connectivity index (χ1n) is 9.65. The Morgan fingerprint density at radius 1 is 0.875 bits per heavy atom. The van der Waals surface area contributed by atoms with Crippen molar-refractivity contribution >= 4 is 23.4 Å². The van der Waals surface area contributed by atoms with Gasteiger partial charge in [-0.05, 0) is 48.5 Å². The van der Waals surface area contributed by atoms with E-state index in [0.717, 1.165) is 16.8 Å². The summed E-state index contributed by atoms with van der Waals surface area (Å²) in [4.78, 5) is 4.46. The van der Waals surface area contributed by atoms with Gasteiger partial charge in [-0.25, -0.2) is 4.39 Å². The van der Waals surface area contributed by atoms with Crippen molar-refractivity contribution in [2.75, 3.05) is 0 Å². The predicted molar refractivity (Wildman–Crippen MR) is 121 cm³/mol. The minimum Gasteiger partial charge on any atom is -0.338 e. The van der Waals surface area contributed by atoms with Gasteiger partial charge in [0.2, 0.25) is 11.7 Å². The normalized spacial score (nSPS) is 11.1. The zero-order chi connectivity index (χ0) is 21.9. The Hall–Kier alpha value is -3.49. The number of aromatic nitrogens is 5. The lowest BCUT2D eigenvalue weighted by Crippen LogP contribution is -2.00. The molecule has 0 saturated carbocycles. The summed E-state index contributed by atoms with van der Waals surface area (Å²) >= 11 is 7.34. The molecule has 0 N–H and O–H groups in total. The van der Waals surface area contributed by atoms with Crippen LogP contribution in [0.2, 0.25) is 5.02 Å². The van der Waals surface area contributed by atoms with Crippen molar-refractivity contribution in [3.63, 3.8) is 0 Å². The summed E-state index contributed by atoms with van der Waals surface area (Å²) in [5.74, 6) is 1.69.